The molecule has 1 amide bonds. The van der Waals surface area contributed by atoms with Gasteiger partial charge in [-0.1, -0.05) is 78.9 Å². The van der Waals surface area contributed by atoms with E-state index < -0.39 is 10.0 Å². The number of hydrogen-bond donors (Lipinski definition) is 0. The number of rotatable bonds is 14. The van der Waals surface area contributed by atoms with Crippen LogP contribution in [0.5, 0.6) is 0 Å². The van der Waals surface area contributed by atoms with Gasteiger partial charge < -0.3 is 19.3 Å². The minimum Gasteiger partial charge on any atom is -0.445 e. The highest BCUT2D eigenvalue weighted by atomic mass is 32.2. The predicted molar refractivity (Wildman–Crippen MR) is 165 cm³/mol. The number of likely N-dealkylation sites (tertiary alicyclic amines) is 1. The smallest absolute Gasteiger partial charge is 0.410 e. The molecule has 1 fully saturated rings. The minimum atomic E-state index is -3.58. The van der Waals surface area contributed by atoms with Gasteiger partial charge >= 0.3 is 6.09 Å². The first-order valence-electron chi connectivity index (χ1n) is 14.6. The van der Waals surface area contributed by atoms with Crippen LogP contribution in [0.2, 0.25) is 0 Å². The van der Waals surface area contributed by atoms with Crippen molar-refractivity contribution in [1.29, 1.82) is 0 Å². The molecule has 9 heteroatoms. The summed E-state index contributed by atoms with van der Waals surface area (Å²) >= 11 is 0. The molecule has 0 spiro atoms. The molecule has 42 heavy (non-hydrogen) atoms. The Kier molecular flexibility index (Phi) is 12.0. The summed E-state index contributed by atoms with van der Waals surface area (Å²) in [5, 5.41) is 0. The van der Waals surface area contributed by atoms with Crippen molar-refractivity contribution < 1.29 is 22.7 Å². The van der Waals surface area contributed by atoms with E-state index >= 15 is 0 Å². The molecule has 1 heterocycles. The first kappa shape index (κ1) is 31.7. The molecule has 0 unspecified atom stereocenters. The number of carbonyl (C=O) groups is 1. The Morgan fingerprint density at radius 3 is 2.14 bits per heavy atom. The zero-order chi connectivity index (χ0) is 29.8. The fourth-order valence-corrected chi connectivity index (χ4v) is 6.71. The number of likely N-dealkylation sites (N-methyl/N-ethyl adjacent to an activating group) is 1. The van der Waals surface area contributed by atoms with Crippen LogP contribution >= 0.6 is 0 Å². The lowest BCUT2D eigenvalue weighted by molar-refractivity contribution is 0.0470. The Hall–Kier alpha value is -3.24. The quantitative estimate of drug-likeness (QED) is 0.255. The summed E-state index contributed by atoms with van der Waals surface area (Å²) in [4.78, 5) is 17.6. The van der Waals surface area contributed by atoms with Crippen molar-refractivity contribution in [2.45, 2.75) is 42.7 Å². The van der Waals surface area contributed by atoms with Crippen LogP contribution in [0.4, 0.5) is 4.79 Å². The number of hydrogen-bond acceptors (Lipinski definition) is 6. The van der Waals surface area contributed by atoms with E-state index in [4.69, 9.17) is 9.47 Å². The Bertz CT molecular complexity index is 1320. The van der Waals surface area contributed by atoms with Gasteiger partial charge in [0.1, 0.15) is 6.61 Å². The number of methoxy groups -OCH3 is 1. The van der Waals surface area contributed by atoms with E-state index in [0.29, 0.717) is 24.6 Å². The Balaban J connectivity index is 1.34. The van der Waals surface area contributed by atoms with E-state index in [1.165, 1.54) is 4.31 Å². The molecule has 0 N–H and O–H groups in total. The second-order valence-corrected chi connectivity index (χ2v) is 12.8. The molecular formula is C33H43N3O5S. The zero-order valence-electron chi connectivity index (χ0n) is 24.7. The third-order valence-corrected chi connectivity index (χ3v) is 9.81. The number of nitrogens with zero attached hydrogens (tertiary/aromatic N) is 3. The average molecular weight is 594 g/mol. The summed E-state index contributed by atoms with van der Waals surface area (Å²) in [6.45, 7) is 4.17. The maximum absolute atomic E-state index is 13.2. The van der Waals surface area contributed by atoms with Gasteiger partial charge in [-0.2, -0.15) is 0 Å². The van der Waals surface area contributed by atoms with Gasteiger partial charge in [0.2, 0.25) is 10.0 Å². The first-order valence-corrected chi connectivity index (χ1v) is 16.1. The molecule has 0 radical (unpaired) electrons. The van der Waals surface area contributed by atoms with Crippen LogP contribution in [-0.4, -0.2) is 88.1 Å². The zero-order valence-corrected chi connectivity index (χ0v) is 25.5. The summed E-state index contributed by atoms with van der Waals surface area (Å²) in [6, 6.07) is 28.5. The van der Waals surface area contributed by atoms with E-state index in [0.717, 1.165) is 50.0 Å². The molecule has 0 aliphatic carbocycles. The monoisotopic (exact) mass is 593 g/mol. The van der Waals surface area contributed by atoms with Gasteiger partial charge in [0.15, 0.2) is 0 Å². The van der Waals surface area contributed by atoms with Crippen LogP contribution < -0.4 is 0 Å². The fourth-order valence-electron chi connectivity index (χ4n) is 5.48. The van der Waals surface area contributed by atoms with Gasteiger partial charge in [-0.05, 0) is 55.0 Å². The number of amides is 1. The van der Waals surface area contributed by atoms with Crippen LogP contribution in [0, 0.1) is 0 Å². The average Bonchev–Trinajstić information content (AvgIpc) is 3.04. The summed E-state index contributed by atoms with van der Waals surface area (Å²) in [6.07, 6.45) is 2.22. The van der Waals surface area contributed by atoms with Gasteiger partial charge in [0.05, 0.1) is 11.5 Å². The Labute approximate surface area is 250 Å². The molecule has 0 aromatic heterocycles. The Morgan fingerprint density at radius 1 is 0.929 bits per heavy atom. The third kappa shape index (κ3) is 8.88. The lowest BCUT2D eigenvalue weighted by Gasteiger charge is -2.38. The summed E-state index contributed by atoms with van der Waals surface area (Å²) < 4.78 is 38.9. The fraction of sp³-hybridized carbons (Fsp3) is 0.424. The highest BCUT2D eigenvalue weighted by Crippen LogP contribution is 2.26. The van der Waals surface area contributed by atoms with Crippen molar-refractivity contribution in [1.82, 2.24) is 14.1 Å². The van der Waals surface area contributed by atoms with Gasteiger partial charge in [-0.15, -0.1) is 0 Å². The van der Waals surface area contributed by atoms with Crippen molar-refractivity contribution in [2.75, 3.05) is 53.5 Å². The number of sulfonamides is 1. The van der Waals surface area contributed by atoms with Gasteiger partial charge in [0, 0.05) is 46.4 Å². The number of carbonyl (C=O) groups excluding carboxylic acids is 1. The maximum atomic E-state index is 13.2. The SMILES string of the molecule is COCCN(C(=O)OCc1ccccc1)C1CCN(CC[C@@H](CN(C)S(=O)(=O)c2ccccc2)c2ccccc2)CC1. The van der Waals surface area contributed by atoms with Crippen molar-refractivity contribution in [3.05, 3.63) is 102 Å². The molecule has 1 atom stereocenters. The van der Waals surface area contributed by atoms with E-state index in [1.54, 1.807) is 38.4 Å². The van der Waals surface area contributed by atoms with Gasteiger partial charge in [0.25, 0.3) is 0 Å². The second kappa shape index (κ2) is 15.8. The molecule has 0 bridgehead atoms. The summed E-state index contributed by atoms with van der Waals surface area (Å²) in [5.41, 5.74) is 2.09. The number of benzene rings is 3. The van der Waals surface area contributed by atoms with Crippen molar-refractivity contribution in [2.24, 2.45) is 0 Å². The van der Waals surface area contributed by atoms with Crippen LogP contribution in [-0.2, 0) is 26.1 Å². The summed E-state index contributed by atoms with van der Waals surface area (Å²) in [7, 11) is -0.278. The van der Waals surface area contributed by atoms with Crippen molar-refractivity contribution in [3.63, 3.8) is 0 Å². The molecule has 8 nitrogen and oxygen atoms in total. The van der Waals surface area contributed by atoms with E-state index in [-0.39, 0.29) is 24.7 Å². The molecule has 1 aliphatic rings. The van der Waals surface area contributed by atoms with Gasteiger partial charge in [-0.3, -0.25) is 0 Å². The second-order valence-electron chi connectivity index (χ2n) is 10.8. The third-order valence-electron chi connectivity index (χ3n) is 7.97. The van der Waals surface area contributed by atoms with Crippen LogP contribution in [0.15, 0.2) is 95.9 Å². The minimum absolute atomic E-state index is 0.0542. The molecule has 3 aromatic carbocycles. The highest BCUT2D eigenvalue weighted by molar-refractivity contribution is 7.89. The number of ether oxygens (including phenoxy) is 2. The van der Waals surface area contributed by atoms with E-state index in [9.17, 15) is 13.2 Å². The Morgan fingerprint density at radius 2 is 1.52 bits per heavy atom. The normalized spacial score (nSPS) is 15.4. The first-order chi connectivity index (χ1) is 20.4. The largest absolute Gasteiger partial charge is 0.445 e. The van der Waals surface area contributed by atoms with Gasteiger partial charge in [-0.25, -0.2) is 17.5 Å². The maximum Gasteiger partial charge on any atom is 0.410 e. The van der Waals surface area contributed by atoms with Crippen molar-refractivity contribution >= 4 is 16.1 Å². The van der Waals surface area contributed by atoms with Crippen LogP contribution in [0.1, 0.15) is 36.3 Å². The lowest BCUT2D eigenvalue weighted by Crippen LogP contribution is -2.49. The topological polar surface area (TPSA) is 79.4 Å². The molecule has 0 saturated carbocycles. The molecule has 3 aromatic rings. The van der Waals surface area contributed by atoms with Crippen molar-refractivity contribution in [3.8, 4) is 0 Å². The molecule has 1 aliphatic heterocycles. The molecule has 226 valence electrons. The molecular weight excluding hydrogens is 550 g/mol. The van der Waals surface area contributed by atoms with Crippen LogP contribution in [0.25, 0.3) is 0 Å². The standard InChI is InChI=1S/C33H43N3O5S/c1-34(42(38,39)32-16-10-5-11-17-32)26-30(29-14-8-4-9-15-29)18-21-35-22-19-31(20-23-35)36(24-25-40-2)33(37)41-27-28-12-6-3-7-13-28/h3-17,30-31H,18-27H2,1-2H3/t30-/m0/s1. The number of piperidine rings is 1. The van der Waals surface area contributed by atoms with E-state index in [2.05, 4.69) is 17.0 Å². The van der Waals surface area contributed by atoms with Crippen LogP contribution in [0.3, 0.4) is 0 Å². The molecule has 4 rings (SSSR count). The summed E-state index contributed by atoms with van der Waals surface area (Å²) in [5.74, 6) is 0.0542. The van der Waals surface area contributed by atoms with E-state index in [1.807, 2.05) is 59.5 Å². The predicted octanol–water partition coefficient (Wildman–Crippen LogP) is 5.23. The lowest BCUT2D eigenvalue weighted by atomic mass is 9.94. The highest BCUT2D eigenvalue weighted by Gasteiger charge is 2.30. The molecule has 1 saturated heterocycles.